The number of ketones is 1. The van der Waals surface area contributed by atoms with Crippen LogP contribution >= 0.6 is 11.6 Å². The molecule has 1 heterocycles. The van der Waals surface area contributed by atoms with Crippen LogP contribution in [0.1, 0.15) is 42.9 Å². The molecule has 0 spiro atoms. The molecule has 1 unspecified atom stereocenters. The molecule has 0 saturated heterocycles. The summed E-state index contributed by atoms with van der Waals surface area (Å²) >= 11 is 6.20. The second-order valence-electron chi connectivity index (χ2n) is 10.4. The summed E-state index contributed by atoms with van der Waals surface area (Å²) in [4.78, 5) is 16.3. The molecule has 0 saturated carbocycles. The van der Waals surface area contributed by atoms with Gasteiger partial charge in [-0.3, -0.25) is 4.79 Å². The Hall–Kier alpha value is -3.56. The second-order valence-corrected chi connectivity index (χ2v) is 10.9. The number of allylic oxidation sites excluding steroid dienone is 4. The number of carbonyl (C=O) groups is 1. The van der Waals surface area contributed by atoms with Crippen LogP contribution in [-0.4, -0.2) is 19.9 Å². The summed E-state index contributed by atoms with van der Waals surface area (Å²) < 4.78 is 0. The van der Waals surface area contributed by atoms with Crippen molar-refractivity contribution in [3.05, 3.63) is 123 Å². The Labute approximate surface area is 218 Å². The summed E-state index contributed by atoms with van der Waals surface area (Å²) in [5, 5.41) is 4.32. The van der Waals surface area contributed by atoms with Crippen molar-refractivity contribution in [1.82, 2.24) is 5.32 Å². The quantitative estimate of drug-likeness (QED) is 0.382. The predicted octanol–water partition coefficient (Wildman–Crippen LogP) is 7.47. The maximum absolute atomic E-state index is 14.2. The lowest BCUT2D eigenvalue weighted by Crippen LogP contribution is -2.37. The van der Waals surface area contributed by atoms with Crippen LogP contribution in [0, 0.1) is 5.41 Å². The highest BCUT2D eigenvalue weighted by molar-refractivity contribution is 6.30. The van der Waals surface area contributed by atoms with Gasteiger partial charge in [-0.15, -0.1) is 0 Å². The minimum atomic E-state index is -0.313. The molecule has 0 fully saturated rings. The maximum atomic E-state index is 14.2. The molecule has 0 amide bonds. The van der Waals surface area contributed by atoms with Crippen LogP contribution in [-0.2, 0) is 4.79 Å². The first-order chi connectivity index (χ1) is 17.2. The summed E-state index contributed by atoms with van der Waals surface area (Å²) in [6.07, 6.45) is 5.00. The van der Waals surface area contributed by atoms with E-state index in [1.54, 1.807) is 0 Å². The Kier molecular flexibility index (Phi) is 6.36. The van der Waals surface area contributed by atoms with Gasteiger partial charge in [0.1, 0.15) is 0 Å². The van der Waals surface area contributed by atoms with E-state index in [-0.39, 0.29) is 17.1 Å². The summed E-state index contributed by atoms with van der Waals surface area (Å²) in [5.74, 6) is -0.0504. The van der Waals surface area contributed by atoms with Crippen molar-refractivity contribution in [3.63, 3.8) is 0 Å². The number of anilines is 1. The number of nitrogens with zero attached hydrogens (tertiary/aromatic N) is 1. The van der Waals surface area contributed by atoms with E-state index in [2.05, 4.69) is 72.6 Å². The molecule has 0 radical (unpaired) electrons. The minimum Gasteiger partial charge on any atom is -0.378 e. The van der Waals surface area contributed by atoms with Crippen LogP contribution < -0.4 is 10.2 Å². The highest BCUT2D eigenvalue weighted by Crippen LogP contribution is 2.48. The van der Waals surface area contributed by atoms with Gasteiger partial charge in [0.05, 0.1) is 0 Å². The van der Waals surface area contributed by atoms with Gasteiger partial charge in [0.2, 0.25) is 0 Å². The predicted molar refractivity (Wildman–Crippen MR) is 151 cm³/mol. The summed E-state index contributed by atoms with van der Waals surface area (Å²) in [5.41, 5.74) is 7.73. The fourth-order valence-corrected chi connectivity index (χ4v) is 5.26. The van der Waals surface area contributed by atoms with Crippen LogP contribution in [0.4, 0.5) is 5.69 Å². The SMILES string of the molecule is CN(C)c1ccc(/C=C2\C(=O)C3=C(CC2(C)C)NC(c2ccccc2)=CC3c2ccc(Cl)cc2)cc1. The number of hydrogen-bond donors (Lipinski definition) is 1. The number of Topliss-reactive ketones (excluding diaryl/α,β-unsaturated/α-hetero) is 1. The van der Waals surface area contributed by atoms with Gasteiger partial charge in [-0.05, 0) is 64.9 Å². The molecular formula is C32H31ClN2O. The van der Waals surface area contributed by atoms with Crippen LogP contribution in [0.3, 0.4) is 0 Å². The highest BCUT2D eigenvalue weighted by Gasteiger charge is 2.42. The minimum absolute atomic E-state index is 0.105. The molecule has 1 aliphatic carbocycles. The molecule has 1 atom stereocenters. The van der Waals surface area contributed by atoms with Crippen molar-refractivity contribution >= 4 is 34.8 Å². The summed E-state index contributed by atoms with van der Waals surface area (Å²) in [6.45, 7) is 4.32. The number of carbonyl (C=O) groups excluding carboxylic acids is 1. The summed E-state index contributed by atoms with van der Waals surface area (Å²) in [7, 11) is 4.05. The number of dihydropyridines is 1. The molecule has 1 N–H and O–H groups in total. The van der Waals surface area contributed by atoms with Crippen LogP contribution in [0.15, 0.2) is 102 Å². The van der Waals surface area contributed by atoms with Gasteiger partial charge in [-0.1, -0.05) is 80.0 Å². The van der Waals surface area contributed by atoms with Crippen LogP contribution in [0.5, 0.6) is 0 Å². The van der Waals surface area contributed by atoms with Gasteiger partial charge < -0.3 is 10.2 Å². The smallest absolute Gasteiger partial charge is 0.188 e. The Morgan fingerprint density at radius 2 is 1.61 bits per heavy atom. The highest BCUT2D eigenvalue weighted by atomic mass is 35.5. The first kappa shape index (κ1) is 24.1. The number of benzene rings is 3. The van der Waals surface area contributed by atoms with Crippen molar-refractivity contribution in [3.8, 4) is 0 Å². The fraction of sp³-hybridized carbons (Fsp3) is 0.219. The number of hydrogen-bond acceptors (Lipinski definition) is 3. The number of nitrogens with one attached hydrogen (secondary N) is 1. The zero-order chi connectivity index (χ0) is 25.4. The molecule has 3 aromatic rings. The van der Waals surface area contributed by atoms with E-state index in [1.807, 2.05) is 56.6 Å². The van der Waals surface area contributed by atoms with Crippen molar-refractivity contribution < 1.29 is 4.79 Å². The molecular weight excluding hydrogens is 464 g/mol. The lowest BCUT2D eigenvalue weighted by Gasteiger charge is -2.40. The van der Waals surface area contributed by atoms with E-state index in [0.717, 1.165) is 51.3 Å². The first-order valence-electron chi connectivity index (χ1n) is 12.3. The average Bonchev–Trinajstić information content (AvgIpc) is 2.87. The Morgan fingerprint density at radius 3 is 2.25 bits per heavy atom. The molecule has 5 rings (SSSR count). The van der Waals surface area contributed by atoms with E-state index in [9.17, 15) is 4.79 Å². The molecule has 2 aliphatic rings. The van der Waals surface area contributed by atoms with Crippen LogP contribution in [0.2, 0.25) is 5.02 Å². The standard InChI is InChI=1S/C32H31ClN2O/c1-32(2)20-29-30(31(36)27(32)18-21-10-16-25(17-11-21)35(3)4)26(22-12-14-24(33)15-13-22)19-28(34-29)23-8-6-5-7-9-23/h5-19,26,34H,20H2,1-4H3/b27-18+. The summed E-state index contributed by atoms with van der Waals surface area (Å²) in [6, 6.07) is 26.5. The molecule has 182 valence electrons. The van der Waals surface area contributed by atoms with Crippen molar-refractivity contribution in [2.75, 3.05) is 19.0 Å². The Bertz CT molecular complexity index is 1380. The second kappa shape index (κ2) is 9.48. The van der Waals surface area contributed by atoms with E-state index >= 15 is 0 Å². The fourth-order valence-electron chi connectivity index (χ4n) is 5.13. The maximum Gasteiger partial charge on any atom is 0.188 e. The zero-order valence-electron chi connectivity index (χ0n) is 21.2. The third-order valence-electron chi connectivity index (χ3n) is 7.13. The van der Waals surface area contributed by atoms with Gasteiger partial charge >= 0.3 is 0 Å². The normalized spacial score (nSPS) is 20.0. The molecule has 0 bridgehead atoms. The van der Waals surface area contributed by atoms with Crippen molar-refractivity contribution in [2.24, 2.45) is 5.41 Å². The third-order valence-corrected chi connectivity index (χ3v) is 7.38. The average molecular weight is 495 g/mol. The lowest BCUT2D eigenvalue weighted by atomic mass is 9.67. The largest absolute Gasteiger partial charge is 0.378 e. The van der Waals surface area contributed by atoms with E-state index in [4.69, 9.17) is 11.6 Å². The van der Waals surface area contributed by atoms with Gasteiger partial charge in [0, 0.05) is 53.3 Å². The topological polar surface area (TPSA) is 32.3 Å². The number of halogens is 1. The van der Waals surface area contributed by atoms with Gasteiger partial charge in [-0.2, -0.15) is 0 Å². The Balaban J connectivity index is 1.60. The monoisotopic (exact) mass is 494 g/mol. The zero-order valence-corrected chi connectivity index (χ0v) is 21.9. The lowest BCUT2D eigenvalue weighted by molar-refractivity contribution is -0.113. The Morgan fingerprint density at radius 1 is 0.944 bits per heavy atom. The van der Waals surface area contributed by atoms with E-state index < -0.39 is 0 Å². The molecule has 3 aromatic carbocycles. The van der Waals surface area contributed by atoms with Crippen molar-refractivity contribution in [1.29, 1.82) is 0 Å². The molecule has 0 aromatic heterocycles. The van der Waals surface area contributed by atoms with E-state index in [1.165, 1.54) is 0 Å². The molecule has 3 nitrogen and oxygen atoms in total. The molecule has 4 heteroatoms. The van der Waals surface area contributed by atoms with Crippen LogP contribution in [0.25, 0.3) is 11.8 Å². The number of rotatable bonds is 4. The third kappa shape index (κ3) is 4.64. The van der Waals surface area contributed by atoms with E-state index in [0.29, 0.717) is 5.02 Å². The van der Waals surface area contributed by atoms with Crippen molar-refractivity contribution in [2.45, 2.75) is 26.2 Å². The molecule has 36 heavy (non-hydrogen) atoms. The van der Waals surface area contributed by atoms with Gasteiger partial charge in [0.25, 0.3) is 0 Å². The van der Waals surface area contributed by atoms with Gasteiger partial charge in [-0.25, -0.2) is 0 Å². The van der Waals surface area contributed by atoms with Gasteiger partial charge in [0.15, 0.2) is 5.78 Å². The molecule has 1 aliphatic heterocycles. The first-order valence-corrected chi connectivity index (χ1v) is 12.7.